The number of carbonyl (C=O) groups is 1. The minimum atomic E-state index is -2.88. The molecule has 0 aromatic rings. The fraction of sp³-hybridized carbons (Fsp3) is 0.923. The van der Waals surface area contributed by atoms with Crippen molar-refractivity contribution in [1.82, 2.24) is 0 Å². The number of rotatable bonds is 2. The maximum atomic E-state index is 11.6. The van der Waals surface area contributed by atoms with Gasteiger partial charge in [-0.2, -0.15) is 0 Å². The van der Waals surface area contributed by atoms with E-state index in [-0.39, 0.29) is 5.25 Å². The molecule has 0 aliphatic heterocycles. The Balaban J connectivity index is 1.95. The van der Waals surface area contributed by atoms with Gasteiger partial charge in [-0.15, -0.1) is 0 Å². The van der Waals surface area contributed by atoms with Crippen LogP contribution in [0.3, 0.4) is 0 Å². The van der Waals surface area contributed by atoms with Gasteiger partial charge in [0.2, 0.25) is 0 Å². The lowest BCUT2D eigenvalue weighted by Gasteiger charge is -2.35. The lowest BCUT2D eigenvalue weighted by Crippen LogP contribution is -2.32. The summed E-state index contributed by atoms with van der Waals surface area (Å²) in [5, 5.41) is -0.126. The summed E-state index contributed by atoms with van der Waals surface area (Å²) in [6, 6.07) is 0. The highest BCUT2D eigenvalue weighted by Crippen LogP contribution is 2.39. The van der Waals surface area contributed by atoms with E-state index in [1.165, 1.54) is 6.26 Å². The Bertz CT molecular complexity index is 375. The van der Waals surface area contributed by atoms with Gasteiger partial charge < -0.3 is 0 Å². The van der Waals surface area contributed by atoms with E-state index in [9.17, 15) is 13.2 Å². The molecule has 0 aromatic carbocycles. The molecule has 0 radical (unpaired) electrons. The average molecular weight is 258 g/mol. The fourth-order valence-electron chi connectivity index (χ4n) is 3.43. The SMILES string of the molecule is CS(=O)(=O)C1CCCC(C2CCC(=O)CC2)C1. The normalized spacial score (nSPS) is 32.6. The first-order valence-electron chi connectivity index (χ1n) is 6.67. The first kappa shape index (κ1) is 13.1. The zero-order valence-corrected chi connectivity index (χ0v) is 11.3. The van der Waals surface area contributed by atoms with Crippen LogP contribution < -0.4 is 0 Å². The van der Waals surface area contributed by atoms with Crippen LogP contribution in [0.25, 0.3) is 0 Å². The average Bonchev–Trinajstić information content (AvgIpc) is 2.29. The van der Waals surface area contributed by atoms with Crippen molar-refractivity contribution >= 4 is 15.6 Å². The van der Waals surface area contributed by atoms with Gasteiger partial charge in [-0.25, -0.2) is 8.42 Å². The largest absolute Gasteiger partial charge is 0.300 e. The highest BCUT2D eigenvalue weighted by Gasteiger charge is 2.34. The first-order valence-corrected chi connectivity index (χ1v) is 8.63. The summed E-state index contributed by atoms with van der Waals surface area (Å²) in [6.07, 6.45) is 8.62. The molecule has 2 aliphatic rings. The first-order chi connectivity index (χ1) is 7.97. The van der Waals surface area contributed by atoms with Crippen LogP contribution in [0.1, 0.15) is 51.4 Å². The summed E-state index contributed by atoms with van der Waals surface area (Å²) in [4.78, 5) is 11.2. The molecule has 0 bridgehead atoms. The van der Waals surface area contributed by atoms with E-state index in [2.05, 4.69) is 0 Å². The highest BCUT2D eigenvalue weighted by molar-refractivity contribution is 7.91. The van der Waals surface area contributed by atoms with Crippen LogP contribution in [-0.4, -0.2) is 25.7 Å². The minimum Gasteiger partial charge on any atom is -0.300 e. The van der Waals surface area contributed by atoms with Crippen molar-refractivity contribution in [3.63, 3.8) is 0 Å². The number of Topliss-reactive ketones (excluding diaryl/α,β-unsaturated/α-hetero) is 1. The molecule has 0 spiro atoms. The number of sulfone groups is 1. The monoisotopic (exact) mass is 258 g/mol. The Morgan fingerprint density at radius 2 is 1.65 bits per heavy atom. The van der Waals surface area contributed by atoms with Crippen LogP contribution in [-0.2, 0) is 14.6 Å². The summed E-state index contributed by atoms with van der Waals surface area (Å²) in [6.45, 7) is 0. The Labute approximate surface area is 104 Å². The molecule has 4 heteroatoms. The number of hydrogen-bond acceptors (Lipinski definition) is 3. The Kier molecular flexibility index (Phi) is 3.91. The van der Waals surface area contributed by atoms with Crippen LogP contribution in [0.5, 0.6) is 0 Å². The molecule has 98 valence electrons. The second-order valence-electron chi connectivity index (χ2n) is 5.75. The van der Waals surface area contributed by atoms with E-state index in [0.717, 1.165) is 38.5 Å². The van der Waals surface area contributed by atoms with Crippen LogP contribution in [0, 0.1) is 11.8 Å². The molecular weight excluding hydrogens is 236 g/mol. The van der Waals surface area contributed by atoms with Crippen LogP contribution in [0.15, 0.2) is 0 Å². The third-order valence-corrected chi connectivity index (χ3v) is 6.17. The zero-order valence-electron chi connectivity index (χ0n) is 10.5. The molecule has 0 amide bonds. The smallest absolute Gasteiger partial charge is 0.150 e. The molecule has 3 nitrogen and oxygen atoms in total. The summed E-state index contributed by atoms with van der Waals surface area (Å²) in [7, 11) is -2.88. The predicted octanol–water partition coefficient (Wildman–Crippen LogP) is 2.35. The van der Waals surface area contributed by atoms with E-state index < -0.39 is 9.84 Å². The Morgan fingerprint density at radius 3 is 2.24 bits per heavy atom. The summed E-state index contributed by atoms with van der Waals surface area (Å²) in [5.41, 5.74) is 0. The standard InChI is InChI=1S/C13H22O3S/c1-17(15,16)13-4-2-3-11(9-13)10-5-7-12(14)8-6-10/h10-11,13H,2-9H2,1H3. The van der Waals surface area contributed by atoms with Gasteiger partial charge in [-0.05, 0) is 37.5 Å². The van der Waals surface area contributed by atoms with Crippen molar-refractivity contribution in [2.24, 2.45) is 11.8 Å². The predicted molar refractivity (Wildman–Crippen MR) is 67.6 cm³/mol. The molecule has 2 aliphatic carbocycles. The lowest BCUT2D eigenvalue weighted by molar-refractivity contribution is -0.121. The van der Waals surface area contributed by atoms with E-state index in [4.69, 9.17) is 0 Å². The second kappa shape index (κ2) is 5.09. The molecule has 17 heavy (non-hydrogen) atoms. The number of ketones is 1. The molecule has 2 fully saturated rings. The minimum absolute atomic E-state index is 0.126. The lowest BCUT2D eigenvalue weighted by atomic mass is 9.73. The maximum absolute atomic E-state index is 11.6. The van der Waals surface area contributed by atoms with E-state index in [1.54, 1.807) is 0 Å². The van der Waals surface area contributed by atoms with Gasteiger partial charge in [0.1, 0.15) is 15.6 Å². The van der Waals surface area contributed by atoms with Crippen LogP contribution in [0.2, 0.25) is 0 Å². The molecule has 0 saturated heterocycles. The van der Waals surface area contributed by atoms with E-state index in [0.29, 0.717) is 30.5 Å². The molecule has 2 rings (SSSR count). The quantitative estimate of drug-likeness (QED) is 0.764. The fourth-order valence-corrected chi connectivity index (χ4v) is 4.62. The summed E-state index contributed by atoms with van der Waals surface area (Å²) in [5.74, 6) is 1.52. The molecule has 2 saturated carbocycles. The maximum Gasteiger partial charge on any atom is 0.150 e. The van der Waals surface area contributed by atoms with Crippen molar-refractivity contribution in [2.45, 2.75) is 56.6 Å². The van der Waals surface area contributed by atoms with Crippen molar-refractivity contribution in [3.8, 4) is 0 Å². The molecule has 0 N–H and O–H groups in total. The topological polar surface area (TPSA) is 51.2 Å². The second-order valence-corrected chi connectivity index (χ2v) is 8.08. The Morgan fingerprint density at radius 1 is 1.00 bits per heavy atom. The van der Waals surface area contributed by atoms with Crippen molar-refractivity contribution in [3.05, 3.63) is 0 Å². The van der Waals surface area contributed by atoms with Gasteiger partial charge in [0.25, 0.3) is 0 Å². The van der Waals surface area contributed by atoms with Gasteiger partial charge in [-0.3, -0.25) is 4.79 Å². The van der Waals surface area contributed by atoms with Gasteiger partial charge in [0, 0.05) is 19.1 Å². The molecule has 2 atom stereocenters. The van der Waals surface area contributed by atoms with E-state index >= 15 is 0 Å². The van der Waals surface area contributed by atoms with Crippen LogP contribution >= 0.6 is 0 Å². The molecule has 0 aromatic heterocycles. The summed E-state index contributed by atoms with van der Waals surface area (Å²) < 4.78 is 23.2. The van der Waals surface area contributed by atoms with Gasteiger partial charge in [0.15, 0.2) is 0 Å². The third-order valence-electron chi connectivity index (χ3n) is 4.53. The molecule has 2 unspecified atom stereocenters. The number of hydrogen-bond donors (Lipinski definition) is 0. The van der Waals surface area contributed by atoms with Crippen molar-refractivity contribution < 1.29 is 13.2 Å². The van der Waals surface area contributed by atoms with Crippen molar-refractivity contribution in [2.75, 3.05) is 6.26 Å². The highest BCUT2D eigenvalue weighted by atomic mass is 32.2. The van der Waals surface area contributed by atoms with Gasteiger partial charge in [-0.1, -0.05) is 12.8 Å². The van der Waals surface area contributed by atoms with Crippen molar-refractivity contribution in [1.29, 1.82) is 0 Å². The summed E-state index contributed by atoms with van der Waals surface area (Å²) >= 11 is 0. The number of carbonyl (C=O) groups excluding carboxylic acids is 1. The molecule has 0 heterocycles. The van der Waals surface area contributed by atoms with Gasteiger partial charge in [0.05, 0.1) is 5.25 Å². The Hall–Kier alpha value is -0.380. The zero-order chi connectivity index (χ0) is 12.5. The van der Waals surface area contributed by atoms with Crippen LogP contribution in [0.4, 0.5) is 0 Å². The van der Waals surface area contributed by atoms with Gasteiger partial charge >= 0.3 is 0 Å². The third kappa shape index (κ3) is 3.30. The molecular formula is C13H22O3S. The van der Waals surface area contributed by atoms with E-state index in [1.807, 2.05) is 0 Å².